The lowest BCUT2D eigenvalue weighted by atomic mass is 9.83. The van der Waals surface area contributed by atoms with E-state index in [-0.39, 0.29) is 6.03 Å². The number of thiophene rings is 1. The van der Waals surface area contributed by atoms with Gasteiger partial charge in [-0.1, -0.05) is 19.4 Å². The molecule has 1 saturated heterocycles. The predicted octanol–water partition coefficient (Wildman–Crippen LogP) is 2.53. The second kappa shape index (κ2) is 6.26. The first-order valence-electron chi connectivity index (χ1n) is 6.86. The van der Waals surface area contributed by atoms with Gasteiger partial charge < -0.3 is 15.3 Å². The van der Waals surface area contributed by atoms with E-state index < -0.39 is 11.4 Å². The van der Waals surface area contributed by atoms with E-state index in [2.05, 4.69) is 5.32 Å². The quantitative estimate of drug-likeness (QED) is 0.877. The highest BCUT2D eigenvalue weighted by molar-refractivity contribution is 7.09. The molecule has 0 aromatic carbocycles. The summed E-state index contributed by atoms with van der Waals surface area (Å²) in [6.07, 6.45) is 1.98. The van der Waals surface area contributed by atoms with E-state index in [1.54, 1.807) is 16.2 Å². The van der Waals surface area contributed by atoms with Crippen molar-refractivity contribution >= 4 is 23.3 Å². The van der Waals surface area contributed by atoms with Crippen LogP contribution >= 0.6 is 11.3 Å². The third kappa shape index (κ3) is 3.12. The largest absolute Gasteiger partial charge is 0.481 e. The Labute approximate surface area is 122 Å². The number of carbonyl (C=O) groups excluding carboxylic acids is 1. The van der Waals surface area contributed by atoms with Gasteiger partial charge in [0.2, 0.25) is 0 Å². The molecule has 0 radical (unpaired) electrons. The van der Waals surface area contributed by atoms with Crippen LogP contribution in [0.5, 0.6) is 0 Å². The molecule has 2 N–H and O–H groups in total. The molecule has 0 saturated carbocycles. The predicted molar refractivity (Wildman–Crippen MR) is 77.7 cm³/mol. The maximum atomic E-state index is 12.1. The number of likely N-dealkylation sites (tertiary alicyclic amines) is 1. The highest BCUT2D eigenvalue weighted by Crippen LogP contribution is 2.35. The molecule has 1 aromatic heterocycles. The molecule has 1 aromatic rings. The van der Waals surface area contributed by atoms with Gasteiger partial charge in [0.05, 0.1) is 12.0 Å². The lowest BCUT2D eigenvalue weighted by molar-refractivity contribution is -0.148. The number of rotatable bonds is 5. The summed E-state index contributed by atoms with van der Waals surface area (Å²) < 4.78 is 0. The van der Waals surface area contributed by atoms with E-state index in [9.17, 15) is 14.7 Å². The van der Waals surface area contributed by atoms with Gasteiger partial charge in [-0.15, -0.1) is 11.3 Å². The second-order valence-corrected chi connectivity index (χ2v) is 6.28. The van der Waals surface area contributed by atoms with Crippen molar-refractivity contribution in [3.63, 3.8) is 0 Å². The Morgan fingerprint density at radius 1 is 1.55 bits per heavy atom. The maximum absolute atomic E-state index is 12.1. The van der Waals surface area contributed by atoms with Crippen LogP contribution < -0.4 is 5.32 Å². The molecule has 1 fully saturated rings. The van der Waals surface area contributed by atoms with Gasteiger partial charge in [0.15, 0.2) is 0 Å². The summed E-state index contributed by atoms with van der Waals surface area (Å²) >= 11 is 1.59. The summed E-state index contributed by atoms with van der Waals surface area (Å²) in [5.74, 6) is -0.784. The third-order valence-corrected chi connectivity index (χ3v) is 4.69. The van der Waals surface area contributed by atoms with Crippen molar-refractivity contribution in [2.24, 2.45) is 5.41 Å². The first-order valence-corrected chi connectivity index (χ1v) is 7.74. The Morgan fingerprint density at radius 2 is 2.35 bits per heavy atom. The molecular weight excluding hydrogens is 276 g/mol. The second-order valence-electron chi connectivity index (χ2n) is 5.25. The van der Waals surface area contributed by atoms with Gasteiger partial charge in [0.25, 0.3) is 0 Å². The SMILES string of the molecule is CCCC1(C(=O)O)CCN(C(=O)NCc2cccs2)C1. The van der Waals surface area contributed by atoms with Crippen LogP contribution in [-0.2, 0) is 11.3 Å². The van der Waals surface area contributed by atoms with Crippen LogP contribution in [0, 0.1) is 5.41 Å². The molecule has 20 heavy (non-hydrogen) atoms. The Kier molecular flexibility index (Phi) is 4.65. The fraction of sp³-hybridized carbons (Fsp3) is 0.571. The molecule has 1 unspecified atom stereocenters. The monoisotopic (exact) mass is 296 g/mol. The first-order chi connectivity index (χ1) is 9.57. The normalized spacial score (nSPS) is 21.9. The number of urea groups is 1. The zero-order chi connectivity index (χ0) is 14.6. The van der Waals surface area contributed by atoms with E-state index in [1.165, 1.54) is 0 Å². The van der Waals surface area contributed by atoms with Crippen molar-refractivity contribution in [3.05, 3.63) is 22.4 Å². The average Bonchev–Trinajstić information content (AvgIpc) is 3.06. The van der Waals surface area contributed by atoms with Crippen molar-refractivity contribution in [3.8, 4) is 0 Å². The van der Waals surface area contributed by atoms with E-state index >= 15 is 0 Å². The summed E-state index contributed by atoms with van der Waals surface area (Å²) in [7, 11) is 0. The van der Waals surface area contributed by atoms with Crippen molar-refractivity contribution in [2.45, 2.75) is 32.7 Å². The lowest BCUT2D eigenvalue weighted by Gasteiger charge is -2.24. The smallest absolute Gasteiger partial charge is 0.317 e. The highest BCUT2D eigenvalue weighted by Gasteiger charge is 2.45. The fourth-order valence-corrected chi connectivity index (χ4v) is 3.34. The number of carboxylic acids is 1. The summed E-state index contributed by atoms with van der Waals surface area (Å²) in [5.41, 5.74) is -0.755. The number of hydrogen-bond acceptors (Lipinski definition) is 3. The molecule has 1 aliphatic heterocycles. The van der Waals surface area contributed by atoms with Crippen LogP contribution in [0.3, 0.4) is 0 Å². The van der Waals surface area contributed by atoms with Crippen molar-refractivity contribution < 1.29 is 14.7 Å². The van der Waals surface area contributed by atoms with Gasteiger partial charge >= 0.3 is 12.0 Å². The molecule has 0 aliphatic carbocycles. The van der Waals surface area contributed by atoms with E-state index in [1.807, 2.05) is 24.4 Å². The molecule has 2 heterocycles. The highest BCUT2D eigenvalue weighted by atomic mass is 32.1. The number of carbonyl (C=O) groups is 2. The zero-order valence-corrected chi connectivity index (χ0v) is 12.4. The fourth-order valence-electron chi connectivity index (χ4n) is 2.70. The molecule has 6 heteroatoms. The molecule has 0 spiro atoms. The van der Waals surface area contributed by atoms with Gasteiger partial charge in [-0.3, -0.25) is 4.79 Å². The average molecular weight is 296 g/mol. The van der Waals surface area contributed by atoms with Crippen LogP contribution in [0.25, 0.3) is 0 Å². The van der Waals surface area contributed by atoms with Crippen LogP contribution in [0.4, 0.5) is 4.79 Å². The molecule has 2 rings (SSSR count). The van der Waals surface area contributed by atoms with E-state index in [0.717, 1.165) is 11.3 Å². The summed E-state index contributed by atoms with van der Waals surface area (Å²) in [6.45, 7) is 3.31. The number of nitrogens with one attached hydrogen (secondary N) is 1. The van der Waals surface area contributed by atoms with Crippen LogP contribution in [0.1, 0.15) is 31.1 Å². The number of carboxylic acid groups (broad SMARTS) is 1. The minimum Gasteiger partial charge on any atom is -0.481 e. The van der Waals surface area contributed by atoms with Crippen LogP contribution in [0.2, 0.25) is 0 Å². The van der Waals surface area contributed by atoms with Crippen LogP contribution in [0.15, 0.2) is 17.5 Å². The zero-order valence-electron chi connectivity index (χ0n) is 11.6. The third-order valence-electron chi connectivity index (χ3n) is 3.82. The van der Waals surface area contributed by atoms with Gasteiger partial charge in [-0.25, -0.2) is 4.79 Å². The summed E-state index contributed by atoms with van der Waals surface area (Å²) in [6, 6.07) is 3.74. The standard InChI is InChI=1S/C14H20N2O3S/c1-2-5-14(12(17)18)6-7-16(10-14)13(19)15-9-11-4-3-8-20-11/h3-4,8H,2,5-7,9-10H2,1H3,(H,15,19)(H,17,18). The minimum atomic E-state index is -0.784. The van der Waals surface area contributed by atoms with Crippen molar-refractivity contribution in [1.82, 2.24) is 10.2 Å². The number of hydrogen-bond donors (Lipinski definition) is 2. The molecule has 110 valence electrons. The molecule has 1 aliphatic rings. The lowest BCUT2D eigenvalue weighted by Crippen LogP contribution is -2.41. The van der Waals surface area contributed by atoms with Crippen LogP contribution in [-0.4, -0.2) is 35.1 Å². The molecule has 5 nitrogen and oxygen atoms in total. The van der Waals surface area contributed by atoms with Gasteiger partial charge in [0.1, 0.15) is 0 Å². The number of aliphatic carboxylic acids is 1. The molecule has 0 bridgehead atoms. The van der Waals surface area contributed by atoms with Gasteiger partial charge in [0, 0.05) is 18.0 Å². The Morgan fingerprint density at radius 3 is 2.95 bits per heavy atom. The van der Waals surface area contributed by atoms with Gasteiger partial charge in [-0.2, -0.15) is 0 Å². The Hall–Kier alpha value is -1.56. The Bertz CT molecular complexity index is 475. The number of nitrogens with zero attached hydrogens (tertiary/aromatic N) is 1. The maximum Gasteiger partial charge on any atom is 0.317 e. The van der Waals surface area contributed by atoms with E-state index in [4.69, 9.17) is 0 Å². The van der Waals surface area contributed by atoms with Crippen molar-refractivity contribution in [1.29, 1.82) is 0 Å². The summed E-state index contributed by atoms with van der Waals surface area (Å²) in [5, 5.41) is 14.2. The minimum absolute atomic E-state index is 0.169. The number of amides is 2. The van der Waals surface area contributed by atoms with Gasteiger partial charge in [-0.05, 0) is 24.3 Å². The molecular formula is C14H20N2O3S. The molecule has 1 atom stereocenters. The Balaban J connectivity index is 1.90. The molecule has 2 amide bonds. The topological polar surface area (TPSA) is 69.6 Å². The van der Waals surface area contributed by atoms with E-state index in [0.29, 0.717) is 32.5 Å². The summed E-state index contributed by atoms with van der Waals surface area (Å²) in [4.78, 5) is 26.3. The first kappa shape index (κ1) is 14.8. The van der Waals surface area contributed by atoms with Crippen molar-refractivity contribution in [2.75, 3.05) is 13.1 Å².